The van der Waals surface area contributed by atoms with Crippen molar-refractivity contribution in [3.05, 3.63) is 35.4 Å². The third kappa shape index (κ3) is 6.73. The molecule has 1 N–H and O–H groups in total. The van der Waals surface area contributed by atoms with Crippen molar-refractivity contribution >= 4 is 9.84 Å². The minimum Gasteiger partial charge on any atom is -0.312 e. The van der Waals surface area contributed by atoms with Gasteiger partial charge in [0.15, 0.2) is 9.84 Å². The van der Waals surface area contributed by atoms with Gasteiger partial charge in [0.2, 0.25) is 0 Å². The van der Waals surface area contributed by atoms with E-state index >= 15 is 0 Å². The van der Waals surface area contributed by atoms with Crippen LogP contribution in [0.3, 0.4) is 0 Å². The van der Waals surface area contributed by atoms with Crippen LogP contribution < -0.4 is 5.32 Å². The fraction of sp³-hybridized carbons (Fsp3) is 0.600. The molecule has 1 rings (SSSR count). The lowest BCUT2D eigenvalue weighted by atomic mass is 10.0. The summed E-state index contributed by atoms with van der Waals surface area (Å²) in [4.78, 5) is 0. The molecule has 0 spiro atoms. The maximum Gasteiger partial charge on any atom is 0.151 e. The highest BCUT2D eigenvalue weighted by atomic mass is 32.2. The minimum absolute atomic E-state index is 0.217. The SMILES string of the molecule is CCS(=O)(=O)CCNCc1ccc(CC(C)C)cc1. The molecule has 0 aliphatic carbocycles. The molecule has 0 bridgehead atoms. The lowest BCUT2D eigenvalue weighted by molar-refractivity contribution is 0.592. The van der Waals surface area contributed by atoms with Gasteiger partial charge in [-0.1, -0.05) is 45.0 Å². The predicted molar refractivity (Wildman–Crippen MR) is 81.0 cm³/mol. The van der Waals surface area contributed by atoms with Crippen molar-refractivity contribution in [1.82, 2.24) is 5.32 Å². The monoisotopic (exact) mass is 283 g/mol. The first-order valence-electron chi connectivity index (χ1n) is 6.92. The Hall–Kier alpha value is -0.870. The second-order valence-corrected chi connectivity index (χ2v) is 7.80. The molecule has 0 amide bonds. The van der Waals surface area contributed by atoms with Crippen molar-refractivity contribution in [2.75, 3.05) is 18.1 Å². The van der Waals surface area contributed by atoms with Gasteiger partial charge >= 0.3 is 0 Å². The van der Waals surface area contributed by atoms with Gasteiger partial charge in [-0.15, -0.1) is 0 Å². The van der Waals surface area contributed by atoms with Gasteiger partial charge in [0.1, 0.15) is 0 Å². The topological polar surface area (TPSA) is 46.2 Å². The first-order chi connectivity index (χ1) is 8.93. The smallest absolute Gasteiger partial charge is 0.151 e. The Labute approximate surface area is 117 Å². The van der Waals surface area contributed by atoms with E-state index in [0.29, 0.717) is 12.5 Å². The molecular formula is C15H25NO2S. The molecule has 0 saturated heterocycles. The van der Waals surface area contributed by atoms with Gasteiger partial charge in [0.25, 0.3) is 0 Å². The molecular weight excluding hydrogens is 258 g/mol. The van der Waals surface area contributed by atoms with Gasteiger partial charge in [0, 0.05) is 18.8 Å². The Morgan fingerprint density at radius 1 is 1.11 bits per heavy atom. The molecule has 0 heterocycles. The van der Waals surface area contributed by atoms with Crippen LogP contribution in [-0.2, 0) is 22.8 Å². The Kier molecular flexibility index (Phi) is 6.52. The van der Waals surface area contributed by atoms with E-state index < -0.39 is 9.84 Å². The Morgan fingerprint density at radius 3 is 2.21 bits per heavy atom. The highest BCUT2D eigenvalue weighted by molar-refractivity contribution is 7.91. The summed E-state index contributed by atoms with van der Waals surface area (Å²) in [6.07, 6.45) is 1.10. The van der Waals surface area contributed by atoms with E-state index in [1.807, 2.05) is 0 Å². The zero-order chi connectivity index (χ0) is 14.3. The van der Waals surface area contributed by atoms with E-state index in [9.17, 15) is 8.42 Å². The summed E-state index contributed by atoms with van der Waals surface area (Å²) in [5.74, 6) is 1.11. The number of sulfone groups is 1. The van der Waals surface area contributed by atoms with Gasteiger partial charge < -0.3 is 5.32 Å². The lowest BCUT2D eigenvalue weighted by Gasteiger charge is -2.08. The molecule has 0 fully saturated rings. The van der Waals surface area contributed by atoms with Crippen LogP contribution in [0.1, 0.15) is 31.9 Å². The quantitative estimate of drug-likeness (QED) is 0.745. The number of rotatable bonds is 8. The largest absolute Gasteiger partial charge is 0.312 e. The van der Waals surface area contributed by atoms with Crippen molar-refractivity contribution < 1.29 is 8.42 Å². The maximum absolute atomic E-state index is 11.3. The number of benzene rings is 1. The first kappa shape index (κ1) is 16.2. The summed E-state index contributed by atoms with van der Waals surface area (Å²) in [6, 6.07) is 8.53. The summed E-state index contributed by atoms with van der Waals surface area (Å²) in [5.41, 5.74) is 2.55. The van der Waals surface area contributed by atoms with E-state index in [2.05, 4.69) is 43.4 Å². The summed E-state index contributed by atoms with van der Waals surface area (Å²) in [5, 5.41) is 3.17. The molecule has 108 valence electrons. The van der Waals surface area contributed by atoms with E-state index in [1.54, 1.807) is 6.92 Å². The van der Waals surface area contributed by atoms with Crippen LogP contribution in [0, 0.1) is 5.92 Å². The third-order valence-corrected chi connectivity index (χ3v) is 4.73. The zero-order valence-electron chi connectivity index (χ0n) is 12.1. The summed E-state index contributed by atoms with van der Waals surface area (Å²) < 4.78 is 22.6. The van der Waals surface area contributed by atoms with Gasteiger partial charge in [-0.3, -0.25) is 0 Å². The molecule has 0 aliphatic heterocycles. The van der Waals surface area contributed by atoms with Crippen molar-refractivity contribution in [3.8, 4) is 0 Å². The summed E-state index contributed by atoms with van der Waals surface area (Å²) >= 11 is 0. The molecule has 19 heavy (non-hydrogen) atoms. The molecule has 0 aromatic heterocycles. The molecule has 1 aromatic rings. The predicted octanol–water partition coefficient (Wildman–Crippen LogP) is 2.41. The van der Waals surface area contributed by atoms with Gasteiger partial charge in [-0.2, -0.15) is 0 Å². The zero-order valence-corrected chi connectivity index (χ0v) is 13.0. The average Bonchev–Trinajstić information content (AvgIpc) is 2.36. The molecule has 1 aromatic carbocycles. The van der Waals surface area contributed by atoms with Crippen LogP contribution >= 0.6 is 0 Å². The van der Waals surface area contributed by atoms with Crippen LogP contribution in [0.2, 0.25) is 0 Å². The van der Waals surface area contributed by atoms with Crippen LogP contribution in [0.4, 0.5) is 0 Å². The maximum atomic E-state index is 11.3. The second-order valence-electron chi connectivity index (χ2n) is 5.33. The fourth-order valence-electron chi connectivity index (χ4n) is 1.87. The summed E-state index contributed by atoms with van der Waals surface area (Å²) in [6.45, 7) is 7.35. The van der Waals surface area contributed by atoms with E-state index in [1.165, 1.54) is 11.1 Å². The molecule has 0 atom stereocenters. The number of hydrogen-bond donors (Lipinski definition) is 1. The average molecular weight is 283 g/mol. The van der Waals surface area contributed by atoms with Crippen LogP contribution in [0.15, 0.2) is 24.3 Å². The number of hydrogen-bond acceptors (Lipinski definition) is 3. The first-order valence-corrected chi connectivity index (χ1v) is 8.74. The van der Waals surface area contributed by atoms with Crippen LogP contribution in [-0.4, -0.2) is 26.5 Å². The highest BCUT2D eigenvalue weighted by Crippen LogP contribution is 2.09. The molecule has 4 heteroatoms. The standard InChI is InChI=1S/C15H25NO2S/c1-4-19(17,18)10-9-16-12-15-7-5-14(6-8-15)11-13(2)3/h5-8,13,16H,4,9-12H2,1-3H3. The molecule has 0 saturated carbocycles. The van der Waals surface area contributed by atoms with Crippen LogP contribution in [0.25, 0.3) is 0 Å². The molecule has 0 radical (unpaired) electrons. The van der Waals surface area contributed by atoms with Crippen molar-refractivity contribution in [3.63, 3.8) is 0 Å². The van der Waals surface area contributed by atoms with Gasteiger partial charge in [-0.25, -0.2) is 8.42 Å². The van der Waals surface area contributed by atoms with E-state index in [-0.39, 0.29) is 11.5 Å². The fourth-order valence-corrected chi connectivity index (χ4v) is 2.61. The van der Waals surface area contributed by atoms with Crippen molar-refractivity contribution in [1.29, 1.82) is 0 Å². The number of nitrogens with one attached hydrogen (secondary N) is 1. The molecule has 0 aliphatic rings. The second kappa shape index (κ2) is 7.65. The van der Waals surface area contributed by atoms with Crippen molar-refractivity contribution in [2.45, 2.75) is 33.7 Å². The Morgan fingerprint density at radius 2 is 1.68 bits per heavy atom. The summed E-state index contributed by atoms with van der Waals surface area (Å²) in [7, 11) is -2.86. The third-order valence-electron chi connectivity index (χ3n) is 3.03. The minimum atomic E-state index is -2.86. The molecule has 3 nitrogen and oxygen atoms in total. The van der Waals surface area contributed by atoms with E-state index in [4.69, 9.17) is 0 Å². The lowest BCUT2D eigenvalue weighted by Crippen LogP contribution is -2.23. The Balaban J connectivity index is 2.34. The molecule has 0 unspecified atom stereocenters. The van der Waals surface area contributed by atoms with Gasteiger partial charge in [0.05, 0.1) is 5.75 Å². The van der Waals surface area contributed by atoms with Crippen LogP contribution in [0.5, 0.6) is 0 Å². The van der Waals surface area contributed by atoms with Gasteiger partial charge in [-0.05, 0) is 23.5 Å². The van der Waals surface area contributed by atoms with Crippen molar-refractivity contribution in [2.24, 2.45) is 5.92 Å². The van der Waals surface area contributed by atoms with E-state index in [0.717, 1.165) is 13.0 Å². The highest BCUT2D eigenvalue weighted by Gasteiger charge is 2.05. The Bertz CT molecular complexity index is 463. The normalized spacial score (nSPS) is 12.0.